The Kier molecular flexibility index (Phi) is 5.89. The summed E-state index contributed by atoms with van der Waals surface area (Å²) in [5.41, 5.74) is 3.25. The molecule has 152 valence electrons. The second-order valence-electron chi connectivity index (χ2n) is 7.19. The van der Waals surface area contributed by atoms with Crippen LogP contribution in [-0.2, 0) is 9.84 Å². The fourth-order valence-corrected chi connectivity index (χ4v) is 6.99. The lowest BCUT2D eigenvalue weighted by Crippen LogP contribution is -2.39. The van der Waals surface area contributed by atoms with E-state index in [9.17, 15) is 8.42 Å². The molecule has 0 amide bonds. The van der Waals surface area contributed by atoms with E-state index in [1.807, 2.05) is 6.07 Å². The molecule has 0 radical (unpaired) electrons. The van der Waals surface area contributed by atoms with E-state index in [2.05, 4.69) is 35.4 Å². The van der Waals surface area contributed by atoms with Gasteiger partial charge in [0, 0.05) is 29.1 Å². The largest absolute Gasteiger partial charge is 0.348 e. The van der Waals surface area contributed by atoms with Gasteiger partial charge in [-0.25, -0.2) is 13.4 Å². The molecule has 29 heavy (non-hydrogen) atoms. The average Bonchev–Trinajstić information content (AvgIpc) is 3.18. The predicted molar refractivity (Wildman–Crippen MR) is 121 cm³/mol. The molecule has 3 aromatic rings. The second kappa shape index (κ2) is 8.26. The zero-order chi connectivity index (χ0) is 20.6. The van der Waals surface area contributed by atoms with Gasteiger partial charge in [-0.05, 0) is 44.0 Å². The standard InChI is InChI=1S/C21H20Cl2N2O2S2/c1-14-3-2-4-15(11-14)19-13-28-21(24-19)25-9-7-17(8-10-25)29(26,27)20-6-5-16(22)12-18(20)23/h2-6,11-13,17H,7-10H2,1H3. The minimum Gasteiger partial charge on any atom is -0.348 e. The molecule has 2 heterocycles. The summed E-state index contributed by atoms with van der Waals surface area (Å²) in [6.45, 7) is 3.36. The SMILES string of the molecule is Cc1cccc(-c2csc(N3CCC(S(=O)(=O)c4ccc(Cl)cc4Cl)CC3)n2)c1. The van der Waals surface area contributed by atoms with Crippen molar-refractivity contribution in [3.8, 4) is 11.3 Å². The number of thiazole rings is 1. The molecule has 0 N–H and O–H groups in total. The molecule has 0 bridgehead atoms. The van der Waals surface area contributed by atoms with Gasteiger partial charge in [0.05, 0.1) is 20.9 Å². The molecule has 0 unspecified atom stereocenters. The van der Waals surface area contributed by atoms with Crippen LogP contribution in [0.1, 0.15) is 18.4 Å². The summed E-state index contributed by atoms with van der Waals surface area (Å²) in [4.78, 5) is 7.10. The van der Waals surface area contributed by atoms with Crippen molar-refractivity contribution in [2.24, 2.45) is 0 Å². The zero-order valence-corrected chi connectivity index (χ0v) is 19.0. The quantitative estimate of drug-likeness (QED) is 0.482. The minimum absolute atomic E-state index is 0.165. The summed E-state index contributed by atoms with van der Waals surface area (Å²) in [6, 6.07) is 12.8. The van der Waals surface area contributed by atoms with Crippen LogP contribution in [0.15, 0.2) is 52.7 Å². The van der Waals surface area contributed by atoms with Gasteiger partial charge in [-0.2, -0.15) is 0 Å². The number of piperidine rings is 1. The van der Waals surface area contributed by atoms with Crippen LogP contribution in [0.3, 0.4) is 0 Å². The Morgan fingerprint density at radius 2 is 1.86 bits per heavy atom. The highest BCUT2D eigenvalue weighted by Crippen LogP contribution is 2.34. The van der Waals surface area contributed by atoms with Crippen molar-refractivity contribution < 1.29 is 8.42 Å². The van der Waals surface area contributed by atoms with Crippen LogP contribution < -0.4 is 4.90 Å². The Morgan fingerprint density at radius 1 is 1.10 bits per heavy atom. The summed E-state index contributed by atoms with van der Waals surface area (Å²) < 4.78 is 26.0. The highest BCUT2D eigenvalue weighted by molar-refractivity contribution is 7.92. The van der Waals surface area contributed by atoms with Crippen LogP contribution >= 0.6 is 34.5 Å². The van der Waals surface area contributed by atoms with Crippen LogP contribution in [0.25, 0.3) is 11.3 Å². The third-order valence-corrected chi connectivity index (χ3v) is 9.04. The first kappa shape index (κ1) is 20.7. The fraction of sp³-hybridized carbons (Fsp3) is 0.286. The van der Waals surface area contributed by atoms with E-state index < -0.39 is 15.1 Å². The van der Waals surface area contributed by atoms with Crippen LogP contribution in [-0.4, -0.2) is 31.7 Å². The summed E-state index contributed by atoms with van der Waals surface area (Å²) >= 11 is 13.6. The average molecular weight is 467 g/mol. The van der Waals surface area contributed by atoms with Gasteiger partial charge >= 0.3 is 0 Å². The van der Waals surface area contributed by atoms with Gasteiger partial charge in [-0.3, -0.25) is 0 Å². The lowest BCUT2D eigenvalue weighted by Gasteiger charge is -2.31. The van der Waals surface area contributed by atoms with E-state index in [-0.39, 0.29) is 9.92 Å². The first-order valence-corrected chi connectivity index (χ1v) is 12.5. The smallest absolute Gasteiger partial charge is 0.185 e. The van der Waals surface area contributed by atoms with Gasteiger partial charge < -0.3 is 4.90 Å². The van der Waals surface area contributed by atoms with Crippen molar-refractivity contribution >= 4 is 49.5 Å². The van der Waals surface area contributed by atoms with Crippen LogP contribution in [0.4, 0.5) is 5.13 Å². The number of hydrogen-bond donors (Lipinski definition) is 0. The number of halogens is 2. The summed E-state index contributed by atoms with van der Waals surface area (Å²) in [7, 11) is -3.49. The summed E-state index contributed by atoms with van der Waals surface area (Å²) in [5, 5.41) is 3.15. The van der Waals surface area contributed by atoms with Crippen LogP contribution in [0.2, 0.25) is 10.0 Å². The number of aromatic nitrogens is 1. The molecule has 1 aliphatic heterocycles. The number of nitrogens with zero attached hydrogens (tertiary/aromatic N) is 2. The van der Waals surface area contributed by atoms with E-state index in [1.165, 1.54) is 17.7 Å². The van der Waals surface area contributed by atoms with Crippen molar-refractivity contribution in [3.63, 3.8) is 0 Å². The molecule has 8 heteroatoms. The topological polar surface area (TPSA) is 50.3 Å². The molecule has 0 atom stereocenters. The van der Waals surface area contributed by atoms with E-state index in [4.69, 9.17) is 28.2 Å². The highest BCUT2D eigenvalue weighted by Gasteiger charge is 2.33. The Hall–Kier alpha value is -1.60. The number of anilines is 1. The maximum atomic E-state index is 13.0. The van der Waals surface area contributed by atoms with Crippen LogP contribution in [0, 0.1) is 6.92 Å². The predicted octanol–water partition coefficient (Wildman–Crippen LogP) is 5.87. The molecule has 1 aliphatic rings. The maximum Gasteiger partial charge on any atom is 0.185 e. The lowest BCUT2D eigenvalue weighted by atomic mass is 10.1. The van der Waals surface area contributed by atoms with E-state index in [0.717, 1.165) is 16.4 Å². The van der Waals surface area contributed by atoms with Gasteiger partial charge in [0.1, 0.15) is 0 Å². The molecule has 0 aliphatic carbocycles. The molecule has 0 spiro atoms. The zero-order valence-electron chi connectivity index (χ0n) is 15.8. The molecule has 0 saturated carbocycles. The van der Waals surface area contributed by atoms with Gasteiger partial charge in [-0.15, -0.1) is 11.3 Å². The van der Waals surface area contributed by atoms with E-state index in [0.29, 0.717) is 31.0 Å². The van der Waals surface area contributed by atoms with Crippen molar-refractivity contribution in [2.45, 2.75) is 29.9 Å². The first-order chi connectivity index (χ1) is 13.8. The van der Waals surface area contributed by atoms with Gasteiger partial charge in [0.25, 0.3) is 0 Å². The number of sulfone groups is 1. The third kappa shape index (κ3) is 4.31. The summed E-state index contributed by atoms with van der Waals surface area (Å²) in [6.07, 6.45) is 1.08. The van der Waals surface area contributed by atoms with E-state index >= 15 is 0 Å². The normalized spacial score (nSPS) is 15.6. The second-order valence-corrected chi connectivity index (χ2v) is 11.1. The third-order valence-electron chi connectivity index (χ3n) is 5.16. The van der Waals surface area contributed by atoms with Crippen LogP contribution in [0.5, 0.6) is 0 Å². The number of benzene rings is 2. The fourth-order valence-electron chi connectivity index (χ4n) is 3.59. The van der Waals surface area contributed by atoms with E-state index in [1.54, 1.807) is 17.4 Å². The minimum atomic E-state index is -3.49. The van der Waals surface area contributed by atoms with Crippen molar-refractivity contribution in [1.29, 1.82) is 0 Å². The Labute approximate surface area is 185 Å². The maximum absolute atomic E-state index is 13.0. The highest BCUT2D eigenvalue weighted by atomic mass is 35.5. The van der Waals surface area contributed by atoms with Gasteiger partial charge in [0.2, 0.25) is 0 Å². The number of aryl methyl sites for hydroxylation is 1. The molecule has 1 fully saturated rings. The molecule has 4 nitrogen and oxygen atoms in total. The van der Waals surface area contributed by atoms with Crippen molar-refractivity contribution in [3.05, 3.63) is 63.5 Å². The van der Waals surface area contributed by atoms with Crippen molar-refractivity contribution in [1.82, 2.24) is 4.98 Å². The molecular weight excluding hydrogens is 447 g/mol. The van der Waals surface area contributed by atoms with Gasteiger partial charge in [0.15, 0.2) is 15.0 Å². The number of hydrogen-bond acceptors (Lipinski definition) is 5. The monoisotopic (exact) mass is 466 g/mol. The number of rotatable bonds is 4. The first-order valence-electron chi connectivity index (χ1n) is 9.31. The summed E-state index contributed by atoms with van der Waals surface area (Å²) in [5.74, 6) is 0. The van der Waals surface area contributed by atoms with Crippen molar-refractivity contribution in [2.75, 3.05) is 18.0 Å². The molecular formula is C21H20Cl2N2O2S2. The molecule has 1 aromatic heterocycles. The molecule has 2 aromatic carbocycles. The Morgan fingerprint density at radius 3 is 2.55 bits per heavy atom. The Balaban J connectivity index is 1.47. The molecule has 4 rings (SSSR count). The lowest BCUT2D eigenvalue weighted by molar-refractivity contribution is 0.529. The van der Waals surface area contributed by atoms with Gasteiger partial charge in [-0.1, -0.05) is 47.0 Å². The Bertz CT molecular complexity index is 1140. The molecule has 1 saturated heterocycles.